The van der Waals surface area contributed by atoms with Gasteiger partial charge in [0.15, 0.2) is 5.78 Å². The van der Waals surface area contributed by atoms with Gasteiger partial charge in [0.25, 0.3) is 5.78 Å². The van der Waals surface area contributed by atoms with Gasteiger partial charge in [-0.25, -0.2) is 4.79 Å². The van der Waals surface area contributed by atoms with Crippen LogP contribution < -0.4 is 5.73 Å². The molecule has 17 heavy (non-hydrogen) atoms. The van der Waals surface area contributed by atoms with Crippen LogP contribution in [-0.4, -0.2) is 22.6 Å². The van der Waals surface area contributed by atoms with E-state index in [0.29, 0.717) is 0 Å². The van der Waals surface area contributed by atoms with Crippen molar-refractivity contribution in [1.29, 1.82) is 0 Å². The molecular formula is C12H13NO4. The van der Waals surface area contributed by atoms with Crippen molar-refractivity contribution in [2.24, 2.45) is 5.92 Å². The largest absolute Gasteiger partial charge is 0.475 e. The first-order chi connectivity index (χ1) is 7.99. The van der Waals surface area contributed by atoms with Crippen LogP contribution in [0, 0.1) is 5.92 Å². The van der Waals surface area contributed by atoms with E-state index in [-0.39, 0.29) is 17.7 Å². The molecular weight excluding hydrogens is 222 g/mol. The van der Waals surface area contributed by atoms with Gasteiger partial charge in [-0.3, -0.25) is 9.59 Å². The number of carboxylic acid groups (broad SMARTS) is 1. The summed E-state index contributed by atoms with van der Waals surface area (Å²) in [6.07, 6.45) is 0.137. The van der Waals surface area contributed by atoms with E-state index in [1.165, 1.54) is 12.1 Å². The molecule has 1 aromatic rings. The Labute approximate surface area is 98.2 Å². The van der Waals surface area contributed by atoms with E-state index in [0.717, 1.165) is 0 Å². The molecule has 1 aromatic carbocycles. The molecule has 5 heteroatoms. The maximum Gasteiger partial charge on any atom is 0.372 e. The van der Waals surface area contributed by atoms with Crippen LogP contribution in [0.25, 0.3) is 0 Å². The number of rotatable bonds is 5. The molecule has 0 aliphatic rings. The van der Waals surface area contributed by atoms with Crippen molar-refractivity contribution in [3.63, 3.8) is 0 Å². The molecule has 90 valence electrons. The lowest BCUT2D eigenvalue weighted by molar-refractivity contribution is -0.150. The molecule has 0 amide bonds. The van der Waals surface area contributed by atoms with Crippen molar-refractivity contribution in [3.05, 3.63) is 29.8 Å². The summed E-state index contributed by atoms with van der Waals surface area (Å²) >= 11 is 0. The first-order valence-corrected chi connectivity index (χ1v) is 5.14. The average molecular weight is 235 g/mol. The number of para-hydroxylation sites is 1. The second kappa shape index (κ2) is 5.25. The zero-order valence-electron chi connectivity index (χ0n) is 9.34. The van der Waals surface area contributed by atoms with Gasteiger partial charge in [0, 0.05) is 11.3 Å². The highest BCUT2D eigenvalue weighted by atomic mass is 16.4. The van der Waals surface area contributed by atoms with Gasteiger partial charge in [-0.2, -0.15) is 0 Å². The number of anilines is 1. The topological polar surface area (TPSA) is 97.5 Å². The number of hydrogen-bond donors (Lipinski definition) is 2. The van der Waals surface area contributed by atoms with E-state index < -0.39 is 23.5 Å². The van der Waals surface area contributed by atoms with Crippen molar-refractivity contribution in [1.82, 2.24) is 0 Å². The van der Waals surface area contributed by atoms with Crippen molar-refractivity contribution in [2.45, 2.75) is 13.3 Å². The number of ketones is 2. The second-order valence-electron chi connectivity index (χ2n) is 3.58. The number of Topliss-reactive ketones (excluding diaryl/α,β-unsaturated/α-hetero) is 2. The van der Waals surface area contributed by atoms with Crippen LogP contribution in [0.3, 0.4) is 0 Å². The van der Waals surface area contributed by atoms with Gasteiger partial charge in [0.2, 0.25) is 0 Å². The molecule has 0 saturated heterocycles. The van der Waals surface area contributed by atoms with E-state index in [2.05, 4.69) is 0 Å². The first kappa shape index (κ1) is 12.9. The summed E-state index contributed by atoms with van der Waals surface area (Å²) in [4.78, 5) is 33.9. The van der Waals surface area contributed by atoms with Crippen LogP contribution in [-0.2, 0) is 9.59 Å². The Morgan fingerprint density at radius 3 is 2.35 bits per heavy atom. The van der Waals surface area contributed by atoms with Crippen LogP contribution >= 0.6 is 0 Å². The minimum Gasteiger partial charge on any atom is -0.475 e. The van der Waals surface area contributed by atoms with Crippen LogP contribution in [0.2, 0.25) is 0 Å². The van der Waals surface area contributed by atoms with Crippen molar-refractivity contribution < 1.29 is 19.5 Å². The second-order valence-corrected chi connectivity index (χ2v) is 3.58. The molecule has 0 aliphatic heterocycles. The third-order valence-electron chi connectivity index (χ3n) is 2.48. The lowest BCUT2D eigenvalue weighted by atomic mass is 9.90. The minimum atomic E-state index is -1.60. The predicted octanol–water partition coefficient (Wildman–Crippen LogP) is 1.13. The third-order valence-corrected chi connectivity index (χ3v) is 2.48. The van der Waals surface area contributed by atoms with Gasteiger partial charge in [-0.1, -0.05) is 19.1 Å². The predicted molar refractivity (Wildman–Crippen MR) is 61.6 cm³/mol. The molecule has 1 unspecified atom stereocenters. The molecule has 0 spiro atoms. The number of hydrogen-bond acceptors (Lipinski definition) is 4. The zero-order chi connectivity index (χ0) is 13.0. The summed E-state index contributed by atoms with van der Waals surface area (Å²) in [5.41, 5.74) is 6.04. The first-order valence-electron chi connectivity index (χ1n) is 5.14. The van der Waals surface area contributed by atoms with Crippen LogP contribution in [0.15, 0.2) is 24.3 Å². The van der Waals surface area contributed by atoms with Gasteiger partial charge in [0.05, 0.1) is 5.92 Å². The highest BCUT2D eigenvalue weighted by Crippen LogP contribution is 2.18. The third kappa shape index (κ3) is 2.69. The molecule has 3 N–H and O–H groups in total. The summed E-state index contributed by atoms with van der Waals surface area (Å²) in [6, 6.07) is 6.29. The number of nitrogen functional groups attached to an aromatic ring is 1. The molecule has 0 aromatic heterocycles. The monoisotopic (exact) mass is 235 g/mol. The van der Waals surface area contributed by atoms with E-state index in [9.17, 15) is 14.4 Å². The number of nitrogens with two attached hydrogens (primary N) is 1. The molecule has 5 nitrogen and oxygen atoms in total. The summed E-state index contributed by atoms with van der Waals surface area (Å²) in [7, 11) is 0. The summed E-state index contributed by atoms with van der Waals surface area (Å²) in [5.74, 6) is -4.41. The Kier molecular flexibility index (Phi) is 3.98. The summed E-state index contributed by atoms with van der Waals surface area (Å²) in [5, 5.41) is 8.62. The standard InChI is InChI=1S/C12H13NO4/c1-2-7(11(15)12(16)17)10(14)8-5-3-4-6-9(8)13/h3-7H,2,13H2,1H3,(H,16,17). The van der Waals surface area contributed by atoms with Crippen LogP contribution in [0.5, 0.6) is 0 Å². The molecule has 0 fully saturated rings. The zero-order valence-corrected chi connectivity index (χ0v) is 9.34. The SMILES string of the molecule is CCC(C(=O)C(=O)O)C(=O)c1ccccc1N. The fourth-order valence-electron chi connectivity index (χ4n) is 1.55. The van der Waals surface area contributed by atoms with E-state index >= 15 is 0 Å². The molecule has 0 heterocycles. The van der Waals surface area contributed by atoms with E-state index in [1.54, 1.807) is 19.1 Å². The Bertz CT molecular complexity index is 467. The maximum absolute atomic E-state index is 12.0. The van der Waals surface area contributed by atoms with Gasteiger partial charge in [-0.15, -0.1) is 0 Å². The van der Waals surface area contributed by atoms with Crippen molar-refractivity contribution in [3.8, 4) is 0 Å². The number of aliphatic carboxylic acids is 1. The highest BCUT2D eigenvalue weighted by Gasteiger charge is 2.31. The average Bonchev–Trinajstić information content (AvgIpc) is 2.30. The lowest BCUT2D eigenvalue weighted by Gasteiger charge is -2.11. The van der Waals surface area contributed by atoms with Gasteiger partial charge < -0.3 is 10.8 Å². The molecule has 0 aliphatic carbocycles. The molecule has 0 saturated carbocycles. The van der Waals surface area contributed by atoms with Crippen LogP contribution in [0.1, 0.15) is 23.7 Å². The fraction of sp³-hybridized carbons (Fsp3) is 0.250. The minimum absolute atomic E-state index is 0.137. The Morgan fingerprint density at radius 2 is 1.88 bits per heavy atom. The van der Waals surface area contributed by atoms with E-state index in [1.807, 2.05) is 0 Å². The van der Waals surface area contributed by atoms with Gasteiger partial charge >= 0.3 is 5.97 Å². The quantitative estimate of drug-likeness (QED) is 0.345. The Hall–Kier alpha value is -2.17. The fourth-order valence-corrected chi connectivity index (χ4v) is 1.55. The van der Waals surface area contributed by atoms with Gasteiger partial charge in [0.1, 0.15) is 0 Å². The Balaban J connectivity index is 3.07. The van der Waals surface area contributed by atoms with Crippen molar-refractivity contribution >= 4 is 23.2 Å². The van der Waals surface area contributed by atoms with Crippen LogP contribution in [0.4, 0.5) is 5.69 Å². The van der Waals surface area contributed by atoms with Gasteiger partial charge in [-0.05, 0) is 18.6 Å². The summed E-state index contributed by atoms with van der Waals surface area (Å²) in [6.45, 7) is 1.59. The number of carbonyl (C=O) groups is 3. The van der Waals surface area contributed by atoms with E-state index in [4.69, 9.17) is 10.8 Å². The number of benzene rings is 1. The number of carbonyl (C=O) groups excluding carboxylic acids is 2. The smallest absolute Gasteiger partial charge is 0.372 e. The van der Waals surface area contributed by atoms with Crippen molar-refractivity contribution in [2.75, 3.05) is 5.73 Å². The summed E-state index contributed by atoms with van der Waals surface area (Å²) < 4.78 is 0. The Morgan fingerprint density at radius 1 is 1.29 bits per heavy atom. The molecule has 1 atom stereocenters. The lowest BCUT2D eigenvalue weighted by Crippen LogP contribution is -2.30. The maximum atomic E-state index is 12.0. The normalized spacial score (nSPS) is 11.8. The highest BCUT2D eigenvalue weighted by molar-refractivity contribution is 6.39. The molecule has 0 radical (unpaired) electrons. The number of carboxylic acids is 1. The molecule has 1 rings (SSSR count). The molecule has 0 bridgehead atoms.